The second kappa shape index (κ2) is 20.1. The molecule has 0 bridgehead atoms. The summed E-state index contributed by atoms with van der Waals surface area (Å²) in [4.78, 5) is 66.2. The monoisotopic (exact) mass is 847 g/mol. The summed E-state index contributed by atoms with van der Waals surface area (Å²) in [5.41, 5.74) is 5.81. The summed E-state index contributed by atoms with van der Waals surface area (Å²) >= 11 is 0. The number of piperidine rings is 2. The van der Waals surface area contributed by atoms with Crippen LogP contribution in [0.5, 0.6) is 0 Å². The number of aromatic amines is 1. The molecule has 0 saturated carbocycles. The molecule has 1 atom stereocenters. The summed E-state index contributed by atoms with van der Waals surface area (Å²) in [6, 6.07) is 24.4. The molecular formula is C46H51F2N9O5. The Morgan fingerprint density at radius 1 is 0.790 bits per heavy atom. The van der Waals surface area contributed by atoms with Gasteiger partial charge in [-0.1, -0.05) is 18.2 Å². The second-order valence-corrected chi connectivity index (χ2v) is 15.7. The van der Waals surface area contributed by atoms with E-state index in [1.54, 1.807) is 13.1 Å². The molecular weight excluding hydrogens is 797 g/mol. The molecule has 3 fully saturated rings. The molecule has 1 aromatic heterocycles. The maximum atomic E-state index is 13.2. The number of carbonyl (C=O) groups excluding carboxylic acids is 5. The van der Waals surface area contributed by atoms with Gasteiger partial charge in [-0.05, 0) is 97.5 Å². The van der Waals surface area contributed by atoms with Gasteiger partial charge in [0.2, 0.25) is 23.6 Å². The summed E-state index contributed by atoms with van der Waals surface area (Å²) in [7, 11) is 1.80. The molecule has 1 unspecified atom stereocenters. The molecule has 4 aromatic carbocycles. The fraction of sp³-hybridized carbons (Fsp3) is 0.348. The minimum Gasteiger partial charge on any atom is -0.382 e. The molecule has 3 aliphatic heterocycles. The Hall–Kier alpha value is -6.84. The molecule has 62 heavy (non-hydrogen) atoms. The number of piperazine rings is 1. The van der Waals surface area contributed by atoms with E-state index in [4.69, 9.17) is 0 Å². The molecule has 0 radical (unpaired) electrons. The van der Waals surface area contributed by atoms with Gasteiger partial charge in [-0.15, -0.1) is 0 Å². The van der Waals surface area contributed by atoms with E-state index in [0.717, 1.165) is 64.5 Å². The van der Waals surface area contributed by atoms with Crippen LogP contribution in [-0.2, 0) is 25.6 Å². The zero-order valence-corrected chi connectivity index (χ0v) is 34.6. The third-order valence-corrected chi connectivity index (χ3v) is 11.5. The van der Waals surface area contributed by atoms with Crippen molar-refractivity contribution in [3.8, 4) is 0 Å². The zero-order chi connectivity index (χ0) is 43.6. The third kappa shape index (κ3) is 11.1. The standard InChI is InChI=1S/C31H38N6O5.C15H13F2N3/c38-21-22-3-1-2-4-26(22)32-24-13-15-36(16-14-24)29(40)11-12-30(41)37-19-17-35(18-20-37)25-7-5-23(6-8-25)33-27-9-10-28(39)34-31(27)42;1-18-15-13-7-9(2-3-14(13)19-20-15)4-10-5-11(16)8-12(17)6-10/h1-8,21,24,27,32-33H,9-20H2,(H,34,39,42);2-3,5-8H,4H2,1H3,(H2,18,19,20). The number of likely N-dealkylation sites (tertiary alicyclic amines) is 1. The molecule has 16 heteroatoms. The van der Waals surface area contributed by atoms with Crippen molar-refractivity contribution in [1.29, 1.82) is 0 Å². The predicted molar refractivity (Wildman–Crippen MR) is 234 cm³/mol. The molecule has 3 saturated heterocycles. The Morgan fingerprint density at radius 3 is 2.13 bits per heavy atom. The van der Waals surface area contributed by atoms with Crippen LogP contribution in [0, 0.1) is 11.6 Å². The molecule has 0 spiro atoms. The van der Waals surface area contributed by atoms with Crippen LogP contribution in [0.25, 0.3) is 10.9 Å². The molecule has 5 aromatic rings. The number of nitrogens with one attached hydrogen (secondary N) is 5. The molecule has 3 aliphatic rings. The van der Waals surface area contributed by atoms with E-state index in [9.17, 15) is 32.8 Å². The normalized spacial score (nSPS) is 16.9. The highest BCUT2D eigenvalue weighted by Crippen LogP contribution is 2.25. The number of aromatic nitrogens is 2. The predicted octanol–water partition coefficient (Wildman–Crippen LogP) is 5.72. The van der Waals surface area contributed by atoms with Crippen LogP contribution in [-0.4, -0.2) is 108 Å². The van der Waals surface area contributed by atoms with E-state index in [1.807, 2.05) is 70.5 Å². The minimum atomic E-state index is -0.555. The Morgan fingerprint density at radius 2 is 1.47 bits per heavy atom. The van der Waals surface area contributed by atoms with E-state index in [1.165, 1.54) is 12.1 Å². The average Bonchev–Trinajstić information content (AvgIpc) is 3.69. The number of amides is 4. The first-order valence-corrected chi connectivity index (χ1v) is 21.0. The van der Waals surface area contributed by atoms with Gasteiger partial charge in [0, 0.05) is 106 Å². The van der Waals surface area contributed by atoms with Gasteiger partial charge < -0.3 is 30.7 Å². The van der Waals surface area contributed by atoms with Gasteiger partial charge in [0.05, 0.1) is 5.52 Å². The quantitative estimate of drug-likeness (QED) is 0.0773. The van der Waals surface area contributed by atoms with Crippen molar-refractivity contribution in [2.75, 3.05) is 67.2 Å². The van der Waals surface area contributed by atoms with Crippen molar-refractivity contribution >= 4 is 63.7 Å². The lowest BCUT2D eigenvalue weighted by molar-refractivity contribution is -0.137. The highest BCUT2D eigenvalue weighted by Gasteiger charge is 2.28. The van der Waals surface area contributed by atoms with Crippen molar-refractivity contribution in [2.45, 2.75) is 57.0 Å². The van der Waals surface area contributed by atoms with Gasteiger partial charge in [0.15, 0.2) is 12.1 Å². The van der Waals surface area contributed by atoms with E-state index in [2.05, 4.69) is 36.4 Å². The first-order chi connectivity index (χ1) is 30.0. The number of benzene rings is 4. The number of para-hydroxylation sites is 1. The number of halogens is 2. The van der Waals surface area contributed by atoms with E-state index >= 15 is 0 Å². The van der Waals surface area contributed by atoms with Gasteiger partial charge in [0.25, 0.3) is 0 Å². The number of imide groups is 1. The first-order valence-electron chi connectivity index (χ1n) is 21.0. The summed E-state index contributed by atoms with van der Waals surface area (Å²) in [5.74, 6) is -0.864. The number of aldehydes is 1. The number of hydrogen-bond acceptors (Lipinski definition) is 10. The number of anilines is 4. The maximum Gasteiger partial charge on any atom is 0.249 e. The van der Waals surface area contributed by atoms with Crippen molar-refractivity contribution < 1.29 is 32.8 Å². The zero-order valence-electron chi connectivity index (χ0n) is 34.6. The second-order valence-electron chi connectivity index (χ2n) is 15.7. The fourth-order valence-electron chi connectivity index (χ4n) is 8.08. The average molecular weight is 848 g/mol. The molecule has 0 aliphatic carbocycles. The Kier molecular flexibility index (Phi) is 14.1. The van der Waals surface area contributed by atoms with E-state index < -0.39 is 17.7 Å². The lowest BCUT2D eigenvalue weighted by atomic mass is 10.0. The van der Waals surface area contributed by atoms with Gasteiger partial charge in [-0.25, -0.2) is 8.78 Å². The van der Waals surface area contributed by atoms with Crippen LogP contribution in [0.4, 0.5) is 31.7 Å². The van der Waals surface area contributed by atoms with Gasteiger partial charge in [-0.2, -0.15) is 5.10 Å². The molecule has 4 heterocycles. The summed E-state index contributed by atoms with van der Waals surface area (Å²) in [6.45, 7) is 3.87. The van der Waals surface area contributed by atoms with Gasteiger partial charge >= 0.3 is 0 Å². The summed E-state index contributed by atoms with van der Waals surface area (Å²) < 4.78 is 26.4. The number of hydrogen-bond donors (Lipinski definition) is 5. The topological polar surface area (TPSA) is 172 Å². The number of fused-ring (bicyclic) bond motifs is 1. The lowest BCUT2D eigenvalue weighted by Gasteiger charge is -2.36. The maximum absolute atomic E-state index is 13.2. The van der Waals surface area contributed by atoms with Crippen molar-refractivity contribution in [3.05, 3.63) is 113 Å². The number of carbonyl (C=O) groups is 5. The van der Waals surface area contributed by atoms with Crippen molar-refractivity contribution in [2.24, 2.45) is 0 Å². The highest BCUT2D eigenvalue weighted by molar-refractivity contribution is 6.01. The van der Waals surface area contributed by atoms with Crippen LogP contribution in [0.15, 0.2) is 84.9 Å². The number of nitrogens with zero attached hydrogens (tertiary/aromatic N) is 4. The minimum absolute atomic E-state index is 0.00816. The smallest absolute Gasteiger partial charge is 0.249 e. The summed E-state index contributed by atoms with van der Waals surface area (Å²) in [5, 5.41) is 20.0. The SMILES string of the molecule is CNc1n[nH]c2ccc(Cc3cc(F)cc(F)c3)cc12.O=Cc1ccccc1NC1CCN(C(=O)CCC(=O)N2CCN(c3ccc(NC4CCC(=O)NC4=O)cc3)CC2)CC1. The molecule has 8 rings (SSSR count). The summed E-state index contributed by atoms with van der Waals surface area (Å²) in [6.07, 6.45) is 4.14. The number of H-pyrrole nitrogens is 1. The van der Waals surface area contributed by atoms with Gasteiger partial charge in [0.1, 0.15) is 17.7 Å². The van der Waals surface area contributed by atoms with E-state index in [0.29, 0.717) is 69.7 Å². The highest BCUT2D eigenvalue weighted by atomic mass is 19.1. The molecule has 5 N–H and O–H groups in total. The fourth-order valence-corrected chi connectivity index (χ4v) is 8.08. The molecule has 324 valence electrons. The third-order valence-electron chi connectivity index (χ3n) is 11.5. The Labute approximate surface area is 358 Å². The number of rotatable bonds is 12. The van der Waals surface area contributed by atoms with E-state index in [-0.39, 0.29) is 42.5 Å². The molecule has 14 nitrogen and oxygen atoms in total. The lowest BCUT2D eigenvalue weighted by Crippen LogP contribution is -2.49. The van der Waals surface area contributed by atoms with Crippen LogP contribution in [0.2, 0.25) is 0 Å². The Bertz CT molecular complexity index is 2370. The Balaban J connectivity index is 0.000000240. The van der Waals surface area contributed by atoms with Crippen LogP contribution < -0.4 is 26.2 Å². The van der Waals surface area contributed by atoms with Crippen LogP contribution in [0.3, 0.4) is 0 Å². The van der Waals surface area contributed by atoms with Crippen LogP contribution >= 0.6 is 0 Å². The van der Waals surface area contributed by atoms with Gasteiger partial charge in [-0.3, -0.25) is 34.4 Å². The van der Waals surface area contributed by atoms with Crippen LogP contribution in [0.1, 0.15) is 60.0 Å². The largest absolute Gasteiger partial charge is 0.382 e. The van der Waals surface area contributed by atoms with Crippen molar-refractivity contribution in [1.82, 2.24) is 25.3 Å². The first kappa shape index (κ1) is 43.3. The molecule has 4 amide bonds. The van der Waals surface area contributed by atoms with Crippen molar-refractivity contribution in [3.63, 3.8) is 0 Å².